The summed E-state index contributed by atoms with van der Waals surface area (Å²) in [6, 6.07) is 57.2. The number of hydrogen-bond donors (Lipinski definition) is 0. The molecule has 0 radical (unpaired) electrons. The van der Waals surface area contributed by atoms with E-state index in [9.17, 15) is 0 Å². The Morgan fingerprint density at radius 3 is 1.17 bits per heavy atom. The molecule has 0 unspecified atom stereocenters. The van der Waals surface area contributed by atoms with E-state index >= 15 is 0 Å². The van der Waals surface area contributed by atoms with Gasteiger partial charge in [-0.2, -0.15) is 0 Å². The van der Waals surface area contributed by atoms with Crippen molar-refractivity contribution in [2.75, 3.05) is 0 Å². The third kappa shape index (κ3) is 4.80. The van der Waals surface area contributed by atoms with Crippen LogP contribution in [0.15, 0.2) is 170 Å². The van der Waals surface area contributed by atoms with E-state index in [4.69, 9.17) is 38.8 Å². The molecular formula is C36H29Cl3OP2. The molecule has 0 atom stereocenters. The summed E-state index contributed by atoms with van der Waals surface area (Å²) in [6.07, 6.45) is -4.41. The van der Waals surface area contributed by atoms with Gasteiger partial charge >= 0.3 is 264 Å². The van der Waals surface area contributed by atoms with Crippen molar-refractivity contribution in [1.29, 1.82) is 0 Å². The summed E-state index contributed by atoms with van der Waals surface area (Å²) in [5, 5.41) is 6.39. The monoisotopic (exact) mass is 644 g/mol. The Labute approximate surface area is 262 Å². The van der Waals surface area contributed by atoms with E-state index in [0.29, 0.717) is 15.3 Å². The molecule has 0 amide bonds. The zero-order valence-corrected chi connectivity index (χ0v) is 26.8. The Morgan fingerprint density at radius 2 is 0.786 bits per heavy atom. The Balaban J connectivity index is 1.85. The van der Waals surface area contributed by atoms with E-state index < -0.39 is 13.7 Å². The maximum absolute atomic E-state index is 8.59. The molecular weight excluding hydrogens is 617 g/mol. The molecule has 0 fully saturated rings. The molecule has 0 heterocycles. The van der Waals surface area contributed by atoms with Crippen LogP contribution in [-0.2, 0) is 4.31 Å². The van der Waals surface area contributed by atoms with Crippen molar-refractivity contribution in [2.45, 2.75) is 0 Å². The van der Waals surface area contributed by atoms with Gasteiger partial charge in [0.05, 0.1) is 0 Å². The molecule has 0 saturated heterocycles. The van der Waals surface area contributed by atoms with Crippen molar-refractivity contribution >= 4 is 79.9 Å². The van der Waals surface area contributed by atoms with Gasteiger partial charge in [0.1, 0.15) is 0 Å². The molecule has 0 aliphatic rings. The van der Waals surface area contributed by atoms with Gasteiger partial charge in [0.25, 0.3) is 0 Å². The molecule has 6 aromatic rings. The van der Waals surface area contributed by atoms with Crippen molar-refractivity contribution in [2.24, 2.45) is 0 Å². The second-order valence-corrected chi connectivity index (χ2v) is 20.0. The van der Waals surface area contributed by atoms with E-state index in [0.717, 1.165) is 26.5 Å². The van der Waals surface area contributed by atoms with E-state index in [2.05, 4.69) is 97.1 Å². The Hall–Kier alpha value is -2.99. The molecule has 0 saturated carbocycles. The summed E-state index contributed by atoms with van der Waals surface area (Å²) in [4.78, 5) is 0. The number of rotatable bonds is 8. The summed E-state index contributed by atoms with van der Waals surface area (Å²) in [5.74, 6) is 0. The van der Waals surface area contributed by atoms with E-state index in [1.54, 1.807) is 6.07 Å². The van der Waals surface area contributed by atoms with Gasteiger partial charge in [-0.05, 0) is 0 Å². The fraction of sp³-hybridized carbons (Fsp3) is 0. The third-order valence-corrected chi connectivity index (χ3v) is 20.5. The molecule has 6 rings (SSSR count). The number of halogens is 3. The summed E-state index contributed by atoms with van der Waals surface area (Å²) in [7, 11) is -3.40. The van der Waals surface area contributed by atoms with Gasteiger partial charge in [-0.1, -0.05) is 0 Å². The molecule has 0 spiro atoms. The fourth-order valence-corrected chi connectivity index (χ4v) is 19.3. The second kappa shape index (κ2) is 11.9. The zero-order valence-electron chi connectivity index (χ0n) is 22.7. The third-order valence-electron chi connectivity index (χ3n) is 7.65. The first-order chi connectivity index (χ1) is 20.5. The molecule has 0 N–H and O–H groups in total. The molecule has 6 aromatic carbocycles. The van der Waals surface area contributed by atoms with Gasteiger partial charge in [0, 0.05) is 0 Å². The molecule has 6 heteroatoms. The van der Waals surface area contributed by atoms with Crippen molar-refractivity contribution in [3.05, 3.63) is 180 Å². The molecule has 210 valence electrons. The molecule has 0 aromatic heterocycles. The minimum atomic E-state index is -4.41. The van der Waals surface area contributed by atoms with Gasteiger partial charge in [-0.15, -0.1) is 0 Å². The van der Waals surface area contributed by atoms with Gasteiger partial charge in [0.15, 0.2) is 0 Å². The first-order valence-electron chi connectivity index (χ1n) is 13.7. The Morgan fingerprint density at radius 1 is 0.429 bits per heavy atom. The van der Waals surface area contributed by atoms with Crippen molar-refractivity contribution < 1.29 is 4.31 Å². The van der Waals surface area contributed by atoms with Crippen LogP contribution in [0.3, 0.4) is 0 Å². The van der Waals surface area contributed by atoms with Crippen LogP contribution in [0.1, 0.15) is 0 Å². The van der Waals surface area contributed by atoms with Gasteiger partial charge in [-0.25, -0.2) is 0 Å². The summed E-state index contributed by atoms with van der Waals surface area (Å²) < 4.78 is 8.16. The van der Waals surface area contributed by atoms with E-state index in [1.807, 2.05) is 66.7 Å². The van der Waals surface area contributed by atoms with Gasteiger partial charge in [0.2, 0.25) is 0 Å². The first kappa shape index (κ1) is 29.1. The van der Waals surface area contributed by atoms with Gasteiger partial charge < -0.3 is 0 Å². The summed E-state index contributed by atoms with van der Waals surface area (Å²) >= 11 is 22.5. The normalized spacial score (nSPS) is 13.2. The number of benzene rings is 6. The standard InChI is InChI=1S/C36H29Cl3OP2/c37-34-27-16-28-35(36(34)38)42(39,32-23-12-4-13-24-32,33-25-14-5-15-26-33)40-41(29-17-6-1-7-18-29,30-19-8-2-9-20-30)31-21-10-3-11-22-31/h1-28,41H. The minimum absolute atomic E-state index is 0.386. The predicted molar refractivity (Wildman–Crippen MR) is 189 cm³/mol. The quantitative estimate of drug-likeness (QED) is 0.151. The molecule has 0 aliphatic carbocycles. The SMILES string of the molecule is Clc1cccc(P(Cl)(O[PH](c2ccccc2)(c2ccccc2)c2ccccc2)(c2ccccc2)c2ccccc2)c1Cl. The van der Waals surface area contributed by atoms with E-state index in [1.165, 1.54) is 0 Å². The topological polar surface area (TPSA) is 9.23 Å². The Kier molecular flexibility index (Phi) is 8.28. The van der Waals surface area contributed by atoms with Crippen molar-refractivity contribution in [3.63, 3.8) is 0 Å². The van der Waals surface area contributed by atoms with Crippen LogP contribution in [0.5, 0.6) is 0 Å². The molecule has 42 heavy (non-hydrogen) atoms. The fourth-order valence-electron chi connectivity index (χ4n) is 5.71. The molecule has 0 aliphatic heterocycles. The average Bonchev–Trinajstić information content (AvgIpc) is 3.07. The van der Waals surface area contributed by atoms with Crippen LogP contribution in [0.4, 0.5) is 0 Å². The van der Waals surface area contributed by atoms with Crippen LogP contribution in [0.2, 0.25) is 10.0 Å². The van der Waals surface area contributed by atoms with Crippen LogP contribution < -0.4 is 31.8 Å². The maximum atomic E-state index is 8.59. The summed E-state index contributed by atoms with van der Waals surface area (Å²) in [5.41, 5.74) is 0. The Bertz CT molecular complexity index is 1650. The zero-order chi connectivity index (χ0) is 29.1. The summed E-state index contributed by atoms with van der Waals surface area (Å²) in [6.45, 7) is 0. The van der Waals surface area contributed by atoms with Crippen molar-refractivity contribution in [3.8, 4) is 0 Å². The number of hydrogen-bond acceptors (Lipinski definition) is 1. The molecule has 1 nitrogen and oxygen atoms in total. The first-order valence-corrected chi connectivity index (χ1v) is 19.4. The van der Waals surface area contributed by atoms with Crippen LogP contribution in [-0.4, -0.2) is 0 Å². The average molecular weight is 646 g/mol. The molecule has 0 bridgehead atoms. The van der Waals surface area contributed by atoms with Crippen LogP contribution in [0, 0.1) is 0 Å². The van der Waals surface area contributed by atoms with E-state index in [-0.39, 0.29) is 0 Å². The van der Waals surface area contributed by atoms with Crippen LogP contribution in [0.25, 0.3) is 0 Å². The van der Waals surface area contributed by atoms with Crippen LogP contribution >= 0.6 is 48.1 Å². The van der Waals surface area contributed by atoms with Crippen molar-refractivity contribution in [1.82, 2.24) is 0 Å². The second-order valence-electron chi connectivity index (χ2n) is 10.0. The predicted octanol–water partition coefficient (Wildman–Crippen LogP) is 8.55. The van der Waals surface area contributed by atoms with Gasteiger partial charge in [-0.3, -0.25) is 0 Å².